The lowest BCUT2D eigenvalue weighted by Crippen LogP contribution is -2.03. The van der Waals surface area contributed by atoms with Gasteiger partial charge in [0.2, 0.25) is 5.95 Å². The lowest BCUT2D eigenvalue weighted by molar-refractivity contribution is 0.0696. The number of H-pyrrole nitrogens is 1. The number of carboxylic acid groups (broad SMARTS) is 1. The molecule has 0 saturated carbocycles. The number of benzene rings is 1. The Balaban J connectivity index is 2.17. The molecular weight excluding hydrogens is 232 g/mol. The number of carboxylic acids is 1. The number of carbonyl (C=O) groups is 1. The highest BCUT2D eigenvalue weighted by Crippen LogP contribution is 2.16. The van der Waals surface area contributed by atoms with Gasteiger partial charge >= 0.3 is 5.97 Å². The zero-order valence-corrected chi connectivity index (χ0v) is 9.58. The zero-order chi connectivity index (χ0) is 12.7. The van der Waals surface area contributed by atoms with Gasteiger partial charge in [0, 0.05) is 0 Å². The molecule has 18 heavy (non-hydrogen) atoms. The highest BCUT2D eigenvalue weighted by molar-refractivity contribution is 5.88. The van der Waals surface area contributed by atoms with Crippen molar-refractivity contribution in [1.29, 1.82) is 0 Å². The van der Waals surface area contributed by atoms with Crippen LogP contribution in [0.5, 0.6) is 0 Å². The summed E-state index contributed by atoms with van der Waals surface area (Å²) in [5, 5.41) is 13.0. The molecule has 0 saturated heterocycles. The van der Waals surface area contributed by atoms with Gasteiger partial charge in [-0.2, -0.15) is 5.10 Å². The molecule has 2 N–H and O–H groups in total. The third-order valence-electron chi connectivity index (χ3n) is 2.82. The largest absolute Gasteiger partial charge is 0.478 e. The fourth-order valence-corrected chi connectivity index (χ4v) is 1.87. The quantitative estimate of drug-likeness (QED) is 0.717. The number of aromatic nitrogens is 4. The van der Waals surface area contributed by atoms with Gasteiger partial charge < -0.3 is 10.1 Å². The van der Waals surface area contributed by atoms with Gasteiger partial charge in [0.05, 0.1) is 22.9 Å². The molecule has 0 aliphatic carbocycles. The van der Waals surface area contributed by atoms with E-state index in [1.807, 2.05) is 24.3 Å². The van der Waals surface area contributed by atoms with Crippen molar-refractivity contribution in [2.45, 2.75) is 6.92 Å². The van der Waals surface area contributed by atoms with Crippen molar-refractivity contribution in [3.63, 3.8) is 0 Å². The van der Waals surface area contributed by atoms with Crippen LogP contribution in [-0.4, -0.2) is 30.8 Å². The Kier molecular flexibility index (Phi) is 2.16. The SMILES string of the molecule is Cc1c(C(=O)O)cnn1-c1nc2ccccc2[nH]1. The lowest BCUT2D eigenvalue weighted by atomic mass is 10.3. The topological polar surface area (TPSA) is 83.8 Å². The van der Waals surface area contributed by atoms with Crippen LogP contribution in [0.25, 0.3) is 17.0 Å². The summed E-state index contributed by atoms with van der Waals surface area (Å²) in [6.07, 6.45) is 1.32. The molecule has 0 radical (unpaired) electrons. The number of aromatic amines is 1. The van der Waals surface area contributed by atoms with Crippen LogP contribution in [0.1, 0.15) is 16.1 Å². The summed E-state index contributed by atoms with van der Waals surface area (Å²) in [5.74, 6) is -0.476. The van der Waals surface area contributed by atoms with Gasteiger partial charge in [-0.3, -0.25) is 0 Å². The summed E-state index contributed by atoms with van der Waals surface area (Å²) >= 11 is 0. The van der Waals surface area contributed by atoms with Gasteiger partial charge in [0.15, 0.2) is 0 Å². The second-order valence-corrected chi connectivity index (χ2v) is 3.94. The molecule has 0 amide bonds. The Bertz CT molecular complexity index is 708. The maximum atomic E-state index is 11.0. The molecule has 0 aliphatic rings. The highest BCUT2D eigenvalue weighted by atomic mass is 16.4. The van der Waals surface area contributed by atoms with Crippen molar-refractivity contribution in [2.24, 2.45) is 0 Å². The first-order chi connectivity index (χ1) is 8.66. The Morgan fingerprint density at radius 2 is 2.17 bits per heavy atom. The average molecular weight is 242 g/mol. The number of hydrogen-bond donors (Lipinski definition) is 2. The van der Waals surface area contributed by atoms with E-state index in [1.54, 1.807) is 6.92 Å². The highest BCUT2D eigenvalue weighted by Gasteiger charge is 2.15. The molecule has 0 fully saturated rings. The van der Waals surface area contributed by atoms with Gasteiger partial charge in [0.1, 0.15) is 5.56 Å². The Labute approximate surface area is 102 Å². The van der Waals surface area contributed by atoms with Gasteiger partial charge in [-0.15, -0.1) is 0 Å². The minimum atomic E-state index is -0.991. The maximum Gasteiger partial charge on any atom is 0.339 e. The van der Waals surface area contributed by atoms with Crippen LogP contribution in [0.2, 0.25) is 0 Å². The van der Waals surface area contributed by atoms with Crippen LogP contribution in [-0.2, 0) is 0 Å². The zero-order valence-electron chi connectivity index (χ0n) is 9.58. The summed E-state index contributed by atoms with van der Waals surface area (Å²) < 4.78 is 1.49. The van der Waals surface area contributed by atoms with E-state index in [-0.39, 0.29) is 5.56 Å². The smallest absolute Gasteiger partial charge is 0.339 e. The normalized spacial score (nSPS) is 10.9. The second kappa shape index (κ2) is 3.69. The monoisotopic (exact) mass is 242 g/mol. The molecule has 0 spiro atoms. The number of para-hydroxylation sites is 2. The van der Waals surface area contributed by atoms with E-state index in [9.17, 15) is 4.79 Å². The van der Waals surface area contributed by atoms with Crippen LogP contribution in [0.15, 0.2) is 30.5 Å². The van der Waals surface area contributed by atoms with Gasteiger partial charge in [0.25, 0.3) is 0 Å². The van der Waals surface area contributed by atoms with E-state index < -0.39 is 5.97 Å². The van der Waals surface area contributed by atoms with Crippen LogP contribution in [0.3, 0.4) is 0 Å². The van der Waals surface area contributed by atoms with Crippen LogP contribution < -0.4 is 0 Å². The fraction of sp³-hybridized carbons (Fsp3) is 0.0833. The number of fused-ring (bicyclic) bond motifs is 1. The van der Waals surface area contributed by atoms with Crippen molar-refractivity contribution in [1.82, 2.24) is 19.7 Å². The van der Waals surface area contributed by atoms with Gasteiger partial charge in [-0.25, -0.2) is 14.5 Å². The minimum Gasteiger partial charge on any atom is -0.478 e. The molecule has 90 valence electrons. The van der Waals surface area contributed by atoms with Crippen molar-refractivity contribution in [2.75, 3.05) is 0 Å². The molecule has 0 atom stereocenters. The number of aromatic carboxylic acids is 1. The fourth-order valence-electron chi connectivity index (χ4n) is 1.87. The number of nitrogens with zero attached hydrogens (tertiary/aromatic N) is 3. The van der Waals surface area contributed by atoms with E-state index >= 15 is 0 Å². The first kappa shape index (κ1) is 10.5. The predicted octanol–water partition coefficient (Wildman–Crippen LogP) is 1.76. The molecule has 0 bridgehead atoms. The summed E-state index contributed by atoms with van der Waals surface area (Å²) in [5.41, 5.74) is 2.43. The van der Waals surface area contributed by atoms with Gasteiger partial charge in [-0.05, 0) is 19.1 Å². The summed E-state index contributed by atoms with van der Waals surface area (Å²) in [7, 11) is 0. The molecule has 6 heteroatoms. The lowest BCUT2D eigenvalue weighted by Gasteiger charge is -1.98. The maximum absolute atomic E-state index is 11.0. The summed E-state index contributed by atoms with van der Waals surface area (Å²) in [6, 6.07) is 7.59. The molecule has 3 rings (SSSR count). The molecule has 0 unspecified atom stereocenters. The first-order valence-electron chi connectivity index (χ1n) is 5.40. The van der Waals surface area contributed by atoms with E-state index in [0.29, 0.717) is 11.6 Å². The molecule has 1 aromatic carbocycles. The first-order valence-corrected chi connectivity index (χ1v) is 5.40. The molecule has 0 aliphatic heterocycles. The van der Waals surface area contributed by atoms with Crippen molar-refractivity contribution >= 4 is 17.0 Å². The molecule has 6 nitrogen and oxygen atoms in total. The third kappa shape index (κ3) is 1.46. The molecule has 3 aromatic rings. The number of rotatable bonds is 2. The van der Waals surface area contributed by atoms with E-state index in [1.165, 1.54) is 10.9 Å². The number of imidazole rings is 1. The van der Waals surface area contributed by atoms with E-state index in [2.05, 4.69) is 15.1 Å². The molecule has 2 heterocycles. The Morgan fingerprint density at radius 3 is 2.83 bits per heavy atom. The predicted molar refractivity (Wildman–Crippen MR) is 64.9 cm³/mol. The van der Waals surface area contributed by atoms with Crippen molar-refractivity contribution in [3.8, 4) is 5.95 Å². The average Bonchev–Trinajstić information content (AvgIpc) is 2.91. The van der Waals surface area contributed by atoms with Crippen molar-refractivity contribution in [3.05, 3.63) is 41.7 Å². The van der Waals surface area contributed by atoms with Crippen LogP contribution in [0, 0.1) is 6.92 Å². The van der Waals surface area contributed by atoms with Crippen LogP contribution in [0.4, 0.5) is 0 Å². The second-order valence-electron chi connectivity index (χ2n) is 3.94. The standard InChI is InChI=1S/C12H10N4O2/c1-7-8(11(17)18)6-13-16(7)12-14-9-4-2-3-5-10(9)15-12/h2-6H,1H3,(H,14,15)(H,17,18). The Hall–Kier alpha value is -2.63. The Morgan fingerprint density at radius 1 is 1.39 bits per heavy atom. The van der Waals surface area contributed by atoms with Crippen molar-refractivity contribution < 1.29 is 9.90 Å². The van der Waals surface area contributed by atoms with Gasteiger partial charge in [-0.1, -0.05) is 12.1 Å². The van der Waals surface area contributed by atoms with Crippen LogP contribution >= 0.6 is 0 Å². The summed E-state index contributed by atoms with van der Waals surface area (Å²) in [4.78, 5) is 18.4. The summed E-state index contributed by atoms with van der Waals surface area (Å²) in [6.45, 7) is 1.70. The van der Waals surface area contributed by atoms with E-state index in [0.717, 1.165) is 11.0 Å². The molecular formula is C12H10N4O2. The third-order valence-corrected chi connectivity index (χ3v) is 2.82. The minimum absolute atomic E-state index is 0.176. The molecule has 2 aromatic heterocycles. The number of nitrogens with one attached hydrogen (secondary N) is 1. The van der Waals surface area contributed by atoms with E-state index in [4.69, 9.17) is 5.11 Å². The number of hydrogen-bond acceptors (Lipinski definition) is 3.